The van der Waals surface area contributed by atoms with E-state index in [1.54, 1.807) is 0 Å². The number of benzene rings is 1. The fourth-order valence-corrected chi connectivity index (χ4v) is 8.69. The molecular formula is C23H31BrClN3O. The summed E-state index contributed by atoms with van der Waals surface area (Å²) in [7, 11) is 2.16. The van der Waals surface area contributed by atoms with Crippen LogP contribution < -0.4 is 10.2 Å². The Balaban J connectivity index is 1.32. The molecule has 1 aliphatic heterocycles. The Morgan fingerprint density at radius 1 is 1.17 bits per heavy atom. The number of rotatable bonds is 4. The summed E-state index contributed by atoms with van der Waals surface area (Å²) >= 11 is 10.4. The molecule has 4 saturated carbocycles. The minimum absolute atomic E-state index is 0.153. The largest absolute Gasteiger partial charge is 0.367 e. The van der Waals surface area contributed by atoms with Crippen molar-refractivity contribution in [3.05, 3.63) is 23.2 Å². The lowest BCUT2D eigenvalue weighted by atomic mass is 9.48. The van der Waals surface area contributed by atoms with Gasteiger partial charge in [0.2, 0.25) is 5.91 Å². The van der Waals surface area contributed by atoms with Crippen molar-refractivity contribution in [1.29, 1.82) is 0 Å². The van der Waals surface area contributed by atoms with Gasteiger partial charge in [0.05, 0.1) is 11.4 Å². The van der Waals surface area contributed by atoms with Crippen LogP contribution in [0, 0.1) is 17.3 Å². The molecule has 1 N–H and O–H groups in total. The Labute approximate surface area is 187 Å². The minimum Gasteiger partial charge on any atom is -0.367 e. The molecule has 0 spiro atoms. The number of likely N-dealkylation sites (N-methyl/N-ethyl adjacent to an activating group) is 1. The lowest BCUT2D eigenvalue weighted by molar-refractivity contribution is -0.123. The third-order valence-corrected chi connectivity index (χ3v) is 8.89. The molecular weight excluding hydrogens is 450 g/mol. The molecule has 158 valence electrons. The maximum Gasteiger partial charge on any atom is 0.224 e. The number of hydrogen-bond acceptors (Lipinski definition) is 3. The van der Waals surface area contributed by atoms with E-state index in [0.717, 1.165) is 55.8 Å². The second-order valence-corrected chi connectivity index (χ2v) is 12.4. The molecule has 5 fully saturated rings. The number of alkyl halides is 1. The highest BCUT2D eigenvalue weighted by Gasteiger charge is 2.57. The van der Waals surface area contributed by atoms with Crippen LogP contribution in [-0.2, 0) is 4.79 Å². The van der Waals surface area contributed by atoms with Gasteiger partial charge in [0.25, 0.3) is 0 Å². The SMILES string of the molecule is CN1CCN(c2ccc(Cl)cc2NC(=O)CC23CC4CC(CC(Br)(C4)C2)C3)CC1. The van der Waals surface area contributed by atoms with Crippen LogP contribution in [0.2, 0.25) is 5.02 Å². The van der Waals surface area contributed by atoms with Crippen LogP contribution in [0.25, 0.3) is 0 Å². The Hall–Kier alpha value is -0.780. The average molecular weight is 481 g/mol. The van der Waals surface area contributed by atoms with Crippen LogP contribution in [0.3, 0.4) is 0 Å². The molecule has 0 aromatic heterocycles. The number of amides is 1. The normalized spacial score (nSPS) is 36.4. The third-order valence-electron chi connectivity index (χ3n) is 7.72. The second kappa shape index (κ2) is 7.42. The van der Waals surface area contributed by atoms with Gasteiger partial charge in [0.1, 0.15) is 0 Å². The van der Waals surface area contributed by atoms with E-state index >= 15 is 0 Å². The molecule has 0 radical (unpaired) electrons. The molecule has 4 nitrogen and oxygen atoms in total. The molecule has 1 aromatic carbocycles. The lowest BCUT2D eigenvalue weighted by Crippen LogP contribution is -2.53. The molecule has 4 aliphatic carbocycles. The van der Waals surface area contributed by atoms with Gasteiger partial charge < -0.3 is 15.1 Å². The maximum atomic E-state index is 13.2. The summed E-state index contributed by atoms with van der Waals surface area (Å²) in [6.45, 7) is 4.02. The molecule has 2 unspecified atom stereocenters. The van der Waals surface area contributed by atoms with Crippen LogP contribution in [-0.4, -0.2) is 48.4 Å². The highest BCUT2D eigenvalue weighted by Crippen LogP contribution is 2.65. The molecule has 4 bridgehead atoms. The van der Waals surface area contributed by atoms with E-state index in [1.807, 2.05) is 12.1 Å². The van der Waals surface area contributed by atoms with Crippen molar-refractivity contribution in [3.63, 3.8) is 0 Å². The Morgan fingerprint density at radius 2 is 1.86 bits per heavy atom. The van der Waals surface area contributed by atoms with Crippen molar-refractivity contribution < 1.29 is 4.79 Å². The Morgan fingerprint density at radius 3 is 2.52 bits per heavy atom. The van der Waals surface area contributed by atoms with Gasteiger partial charge in [-0.15, -0.1) is 0 Å². The number of anilines is 2. The number of nitrogens with zero attached hydrogens (tertiary/aromatic N) is 2. The summed E-state index contributed by atoms with van der Waals surface area (Å²) in [5, 5.41) is 3.93. The van der Waals surface area contributed by atoms with Crippen LogP contribution in [0.1, 0.15) is 44.9 Å². The molecule has 6 rings (SSSR count). The van der Waals surface area contributed by atoms with E-state index in [-0.39, 0.29) is 11.3 Å². The number of nitrogens with one attached hydrogen (secondary N) is 1. The standard InChI is InChI=1S/C23H31BrClN3O/c1-27-4-6-28(7-5-27)20-3-2-18(25)9-19(20)26-21(29)14-22-10-16-8-17(11-22)13-23(24,12-16)15-22/h2-3,9,16-17H,4-8,10-15H2,1H3,(H,26,29). The molecule has 2 atom stereocenters. The van der Waals surface area contributed by atoms with Crippen molar-refractivity contribution in [1.82, 2.24) is 4.90 Å². The van der Waals surface area contributed by atoms with Gasteiger partial charge in [-0.25, -0.2) is 0 Å². The van der Waals surface area contributed by atoms with E-state index in [1.165, 1.54) is 32.1 Å². The summed E-state index contributed by atoms with van der Waals surface area (Å²) in [6.07, 6.45) is 8.22. The zero-order chi connectivity index (χ0) is 20.2. The first kappa shape index (κ1) is 20.1. The number of halogens is 2. The van der Waals surface area contributed by atoms with Gasteiger partial charge in [-0.05, 0) is 81.0 Å². The summed E-state index contributed by atoms with van der Waals surface area (Å²) in [5.41, 5.74) is 2.15. The van der Waals surface area contributed by atoms with E-state index in [4.69, 9.17) is 11.6 Å². The van der Waals surface area contributed by atoms with Gasteiger partial charge in [-0.2, -0.15) is 0 Å². The van der Waals surface area contributed by atoms with Crippen LogP contribution in [0.4, 0.5) is 11.4 Å². The van der Waals surface area contributed by atoms with Crippen molar-refractivity contribution in [2.24, 2.45) is 17.3 Å². The highest BCUT2D eigenvalue weighted by atomic mass is 79.9. The zero-order valence-electron chi connectivity index (χ0n) is 17.2. The zero-order valence-corrected chi connectivity index (χ0v) is 19.6. The van der Waals surface area contributed by atoms with Crippen molar-refractivity contribution in [2.45, 2.75) is 49.3 Å². The van der Waals surface area contributed by atoms with E-state index < -0.39 is 0 Å². The Bertz CT molecular complexity index is 793. The van der Waals surface area contributed by atoms with Gasteiger partial charge in [0.15, 0.2) is 0 Å². The topological polar surface area (TPSA) is 35.6 Å². The predicted octanol–water partition coefficient (Wildman–Crippen LogP) is 5.15. The fraction of sp³-hybridized carbons (Fsp3) is 0.696. The summed E-state index contributed by atoms with van der Waals surface area (Å²) in [4.78, 5) is 17.9. The summed E-state index contributed by atoms with van der Waals surface area (Å²) in [5.74, 6) is 1.76. The molecule has 1 heterocycles. The quantitative estimate of drug-likeness (QED) is 0.605. The second-order valence-electron chi connectivity index (χ2n) is 10.3. The van der Waals surface area contributed by atoms with E-state index in [9.17, 15) is 4.79 Å². The first-order chi connectivity index (χ1) is 13.8. The van der Waals surface area contributed by atoms with Crippen LogP contribution >= 0.6 is 27.5 Å². The molecule has 1 aromatic rings. The molecule has 5 aliphatic rings. The number of carbonyl (C=O) groups excluding carboxylic acids is 1. The van der Waals surface area contributed by atoms with Crippen molar-refractivity contribution >= 4 is 44.8 Å². The first-order valence-electron chi connectivity index (χ1n) is 11.0. The lowest BCUT2D eigenvalue weighted by Gasteiger charge is -2.60. The molecule has 29 heavy (non-hydrogen) atoms. The number of piperazine rings is 1. The third kappa shape index (κ3) is 4.07. The monoisotopic (exact) mass is 479 g/mol. The van der Waals surface area contributed by atoms with Gasteiger partial charge in [-0.3, -0.25) is 4.79 Å². The Kier molecular flexibility index (Phi) is 5.15. The van der Waals surface area contributed by atoms with E-state index in [0.29, 0.717) is 15.8 Å². The number of carbonyl (C=O) groups is 1. The highest BCUT2D eigenvalue weighted by molar-refractivity contribution is 9.10. The van der Waals surface area contributed by atoms with Gasteiger partial charge in [-0.1, -0.05) is 27.5 Å². The van der Waals surface area contributed by atoms with Crippen LogP contribution in [0.15, 0.2) is 18.2 Å². The average Bonchev–Trinajstić information content (AvgIpc) is 2.60. The van der Waals surface area contributed by atoms with Crippen molar-refractivity contribution in [2.75, 3.05) is 43.4 Å². The smallest absolute Gasteiger partial charge is 0.224 e. The van der Waals surface area contributed by atoms with E-state index in [2.05, 4.69) is 44.2 Å². The van der Waals surface area contributed by atoms with Crippen LogP contribution in [0.5, 0.6) is 0 Å². The number of hydrogen-bond donors (Lipinski definition) is 1. The summed E-state index contributed by atoms with van der Waals surface area (Å²) < 4.78 is 0.290. The van der Waals surface area contributed by atoms with Gasteiger partial charge in [0, 0.05) is 41.9 Å². The maximum absolute atomic E-state index is 13.2. The first-order valence-corrected chi connectivity index (χ1v) is 12.2. The fourth-order valence-electron chi connectivity index (χ4n) is 7.01. The minimum atomic E-state index is 0.153. The van der Waals surface area contributed by atoms with Crippen molar-refractivity contribution in [3.8, 4) is 0 Å². The summed E-state index contributed by atoms with van der Waals surface area (Å²) in [6, 6.07) is 5.90. The predicted molar refractivity (Wildman–Crippen MR) is 123 cm³/mol. The molecule has 1 amide bonds. The molecule has 1 saturated heterocycles. The van der Waals surface area contributed by atoms with Gasteiger partial charge >= 0.3 is 0 Å². The molecule has 6 heteroatoms.